The van der Waals surface area contributed by atoms with Gasteiger partial charge >= 0.3 is 0 Å². The third-order valence-corrected chi connectivity index (χ3v) is 3.12. The van der Waals surface area contributed by atoms with Gasteiger partial charge in [0.25, 0.3) is 5.91 Å². The molecule has 0 unspecified atom stereocenters. The minimum atomic E-state index is -0.825. The number of hydrogen-bond acceptors (Lipinski definition) is 5. The average molecular weight is 263 g/mol. The van der Waals surface area contributed by atoms with E-state index < -0.39 is 11.3 Å². The molecule has 0 aliphatic carbocycles. The van der Waals surface area contributed by atoms with Crippen molar-refractivity contribution in [1.29, 1.82) is 0 Å². The summed E-state index contributed by atoms with van der Waals surface area (Å²) in [6, 6.07) is 4.86. The Labute approximate surface area is 111 Å². The van der Waals surface area contributed by atoms with Gasteiger partial charge in [-0.3, -0.25) is 9.59 Å². The first kappa shape index (κ1) is 13.4. The van der Waals surface area contributed by atoms with Crippen LogP contribution in [0.1, 0.15) is 13.8 Å². The Kier molecular flexibility index (Phi) is 3.20. The van der Waals surface area contributed by atoms with Crippen molar-refractivity contribution in [3.63, 3.8) is 0 Å². The fraction of sp³-hybridized carbons (Fsp3) is 0.385. The van der Waals surface area contributed by atoms with E-state index in [9.17, 15) is 9.59 Å². The average Bonchev–Trinajstić information content (AvgIpc) is 2.37. The summed E-state index contributed by atoms with van der Waals surface area (Å²) in [7, 11) is 0. The molecular formula is C13H17N3O3. The number of anilines is 2. The first-order valence-corrected chi connectivity index (χ1v) is 5.96. The molecular weight excluding hydrogens is 246 g/mol. The Morgan fingerprint density at radius 1 is 1.47 bits per heavy atom. The Morgan fingerprint density at radius 3 is 2.79 bits per heavy atom. The van der Waals surface area contributed by atoms with Crippen molar-refractivity contribution in [2.75, 3.05) is 23.8 Å². The molecule has 1 heterocycles. The van der Waals surface area contributed by atoms with Crippen molar-refractivity contribution in [1.82, 2.24) is 0 Å². The molecule has 6 nitrogen and oxygen atoms in total. The SMILES string of the molecule is CC(C)(CN)C(=O)N1C(=O)COc2ccc(N)cc21. The molecule has 1 aliphatic heterocycles. The lowest BCUT2D eigenvalue weighted by atomic mass is 9.91. The molecule has 0 saturated carbocycles. The standard InChI is InChI=1S/C13H17N3O3/c1-13(2,7-14)12(18)16-9-5-8(15)3-4-10(9)19-6-11(16)17/h3-5H,6-7,14-15H2,1-2H3. The van der Waals surface area contributed by atoms with Crippen molar-refractivity contribution < 1.29 is 14.3 Å². The summed E-state index contributed by atoms with van der Waals surface area (Å²) >= 11 is 0. The monoisotopic (exact) mass is 263 g/mol. The van der Waals surface area contributed by atoms with Crippen LogP contribution in [0.5, 0.6) is 5.75 Å². The van der Waals surface area contributed by atoms with Crippen molar-refractivity contribution >= 4 is 23.2 Å². The maximum absolute atomic E-state index is 12.5. The predicted octanol–water partition coefficient (Wildman–Crippen LogP) is 0.506. The maximum atomic E-state index is 12.5. The smallest absolute Gasteiger partial charge is 0.271 e. The van der Waals surface area contributed by atoms with Crippen LogP contribution in [0.15, 0.2) is 18.2 Å². The minimum absolute atomic E-state index is 0.147. The van der Waals surface area contributed by atoms with Crippen LogP contribution >= 0.6 is 0 Å². The van der Waals surface area contributed by atoms with E-state index in [4.69, 9.17) is 16.2 Å². The number of nitrogens with zero attached hydrogens (tertiary/aromatic N) is 1. The molecule has 0 radical (unpaired) electrons. The van der Waals surface area contributed by atoms with Crippen LogP contribution < -0.4 is 21.1 Å². The fourth-order valence-corrected chi connectivity index (χ4v) is 1.78. The highest BCUT2D eigenvalue weighted by Gasteiger charge is 2.38. The Morgan fingerprint density at radius 2 is 2.16 bits per heavy atom. The van der Waals surface area contributed by atoms with E-state index in [1.54, 1.807) is 32.0 Å². The molecule has 0 saturated heterocycles. The van der Waals surface area contributed by atoms with Crippen LogP contribution in [0.4, 0.5) is 11.4 Å². The minimum Gasteiger partial charge on any atom is -0.482 e. The summed E-state index contributed by atoms with van der Waals surface area (Å²) in [6.45, 7) is 3.38. The Hall–Kier alpha value is -2.08. The summed E-state index contributed by atoms with van der Waals surface area (Å²) in [6.07, 6.45) is 0. The van der Waals surface area contributed by atoms with Gasteiger partial charge in [-0.2, -0.15) is 0 Å². The van der Waals surface area contributed by atoms with Gasteiger partial charge in [-0.25, -0.2) is 4.90 Å². The molecule has 102 valence electrons. The van der Waals surface area contributed by atoms with E-state index in [-0.39, 0.29) is 19.1 Å². The van der Waals surface area contributed by atoms with E-state index in [2.05, 4.69) is 0 Å². The van der Waals surface area contributed by atoms with E-state index in [1.165, 1.54) is 0 Å². The van der Waals surface area contributed by atoms with Crippen LogP contribution in [-0.4, -0.2) is 25.0 Å². The number of ether oxygens (including phenoxy) is 1. The number of rotatable bonds is 2. The second-order valence-electron chi connectivity index (χ2n) is 5.14. The summed E-state index contributed by atoms with van der Waals surface area (Å²) in [5.41, 5.74) is 11.3. The summed E-state index contributed by atoms with van der Waals surface area (Å²) in [5, 5.41) is 0. The molecule has 1 aliphatic rings. The van der Waals surface area contributed by atoms with Gasteiger partial charge in [-0.15, -0.1) is 0 Å². The molecule has 0 aromatic heterocycles. The fourth-order valence-electron chi connectivity index (χ4n) is 1.78. The number of benzene rings is 1. The number of amides is 2. The molecule has 0 fully saturated rings. The molecule has 6 heteroatoms. The molecule has 1 aromatic rings. The molecule has 0 spiro atoms. The summed E-state index contributed by atoms with van der Waals surface area (Å²) in [4.78, 5) is 25.5. The van der Waals surface area contributed by atoms with Crippen LogP contribution in [-0.2, 0) is 9.59 Å². The van der Waals surface area contributed by atoms with Gasteiger partial charge < -0.3 is 16.2 Å². The second kappa shape index (κ2) is 4.55. The van der Waals surface area contributed by atoms with Gasteiger partial charge in [0, 0.05) is 12.2 Å². The largest absolute Gasteiger partial charge is 0.482 e. The van der Waals surface area contributed by atoms with Crippen molar-refractivity contribution in [3.8, 4) is 5.75 Å². The number of imide groups is 1. The first-order chi connectivity index (χ1) is 8.86. The van der Waals surface area contributed by atoms with Gasteiger partial charge in [0.15, 0.2) is 6.61 Å². The highest BCUT2D eigenvalue weighted by molar-refractivity contribution is 6.18. The van der Waals surface area contributed by atoms with Crippen molar-refractivity contribution in [3.05, 3.63) is 18.2 Å². The Balaban J connectivity index is 2.49. The molecule has 2 amide bonds. The molecule has 19 heavy (non-hydrogen) atoms. The summed E-state index contributed by atoms with van der Waals surface area (Å²) < 4.78 is 5.29. The molecule has 1 aromatic carbocycles. The molecule has 4 N–H and O–H groups in total. The quantitative estimate of drug-likeness (QED) is 0.757. The lowest BCUT2D eigenvalue weighted by molar-refractivity contribution is -0.132. The number of fused-ring (bicyclic) bond motifs is 1. The third kappa shape index (κ3) is 2.26. The number of nitrogens with two attached hydrogens (primary N) is 2. The van der Waals surface area contributed by atoms with E-state index in [0.717, 1.165) is 4.90 Å². The number of carbonyl (C=O) groups is 2. The van der Waals surface area contributed by atoms with Gasteiger partial charge in [0.2, 0.25) is 5.91 Å². The number of carbonyl (C=O) groups excluding carboxylic acids is 2. The third-order valence-electron chi connectivity index (χ3n) is 3.12. The van der Waals surface area contributed by atoms with Crippen LogP contribution in [0.25, 0.3) is 0 Å². The molecule has 0 bridgehead atoms. The van der Waals surface area contributed by atoms with Crippen LogP contribution in [0, 0.1) is 5.41 Å². The number of nitrogen functional groups attached to an aromatic ring is 1. The van der Waals surface area contributed by atoms with E-state index in [0.29, 0.717) is 17.1 Å². The summed E-state index contributed by atoms with van der Waals surface area (Å²) in [5.74, 6) is -0.297. The normalized spacial score (nSPS) is 14.9. The van der Waals surface area contributed by atoms with E-state index >= 15 is 0 Å². The lowest BCUT2D eigenvalue weighted by Crippen LogP contribution is -2.51. The Bertz CT molecular complexity index is 540. The topological polar surface area (TPSA) is 98.7 Å². The zero-order valence-corrected chi connectivity index (χ0v) is 11.0. The van der Waals surface area contributed by atoms with Gasteiger partial charge in [0.05, 0.1) is 11.1 Å². The zero-order valence-electron chi connectivity index (χ0n) is 11.0. The highest BCUT2D eigenvalue weighted by atomic mass is 16.5. The second-order valence-corrected chi connectivity index (χ2v) is 5.14. The van der Waals surface area contributed by atoms with Gasteiger partial charge in [0.1, 0.15) is 5.75 Å². The van der Waals surface area contributed by atoms with Crippen LogP contribution in [0.3, 0.4) is 0 Å². The first-order valence-electron chi connectivity index (χ1n) is 5.96. The maximum Gasteiger partial charge on any atom is 0.271 e. The van der Waals surface area contributed by atoms with Crippen LogP contribution in [0.2, 0.25) is 0 Å². The van der Waals surface area contributed by atoms with E-state index in [1.807, 2.05) is 0 Å². The van der Waals surface area contributed by atoms with Gasteiger partial charge in [-0.1, -0.05) is 0 Å². The lowest BCUT2D eigenvalue weighted by Gasteiger charge is -2.33. The molecule has 2 rings (SSSR count). The highest BCUT2D eigenvalue weighted by Crippen LogP contribution is 2.36. The van der Waals surface area contributed by atoms with Crippen molar-refractivity contribution in [2.24, 2.45) is 11.1 Å². The predicted molar refractivity (Wildman–Crippen MR) is 71.7 cm³/mol. The van der Waals surface area contributed by atoms with Crippen molar-refractivity contribution in [2.45, 2.75) is 13.8 Å². The number of hydrogen-bond donors (Lipinski definition) is 2. The van der Waals surface area contributed by atoms with Gasteiger partial charge in [-0.05, 0) is 32.0 Å². The molecule has 0 atom stereocenters. The zero-order chi connectivity index (χ0) is 14.2.